The highest BCUT2D eigenvalue weighted by molar-refractivity contribution is 6.00. The van der Waals surface area contributed by atoms with Crippen LogP contribution < -0.4 is 4.74 Å². The molecule has 0 saturated carbocycles. The first-order valence-electron chi connectivity index (χ1n) is 5.74. The second kappa shape index (κ2) is 4.21. The highest BCUT2D eigenvalue weighted by Gasteiger charge is 2.19. The maximum absolute atomic E-state index is 11.5. The number of nitrogens with zero attached hydrogens (tertiary/aromatic N) is 4. The fourth-order valence-electron chi connectivity index (χ4n) is 2.04. The minimum Gasteiger partial charge on any atom is -0.486 e. The summed E-state index contributed by atoms with van der Waals surface area (Å²) in [6.07, 6.45) is 1.41. The van der Waals surface area contributed by atoms with Gasteiger partial charge in [-0.2, -0.15) is 0 Å². The zero-order valence-electron chi connectivity index (χ0n) is 9.96. The van der Waals surface area contributed by atoms with Crippen molar-refractivity contribution in [3.8, 4) is 5.75 Å². The number of benzene rings is 1. The molecule has 0 amide bonds. The molecule has 6 nitrogen and oxygen atoms in total. The number of aryl methyl sites for hydroxylation is 2. The lowest BCUT2D eigenvalue weighted by molar-refractivity contribution is 0.0994. The lowest BCUT2D eigenvalue weighted by atomic mass is 10.1. The number of hydrogen-bond acceptors (Lipinski definition) is 5. The van der Waals surface area contributed by atoms with Crippen LogP contribution in [0.1, 0.15) is 28.2 Å². The Balaban J connectivity index is 1.75. The Morgan fingerprint density at radius 3 is 3.06 bits per heavy atom. The van der Waals surface area contributed by atoms with Crippen molar-refractivity contribution < 1.29 is 9.53 Å². The SMILES string of the molecule is Cn1nnnc1COc1ccc2c(c1)CCC2=O. The fourth-order valence-corrected chi connectivity index (χ4v) is 2.04. The summed E-state index contributed by atoms with van der Waals surface area (Å²) in [5.41, 5.74) is 1.89. The van der Waals surface area contributed by atoms with Crippen molar-refractivity contribution in [2.75, 3.05) is 0 Å². The summed E-state index contributed by atoms with van der Waals surface area (Å²) in [7, 11) is 1.76. The lowest BCUT2D eigenvalue weighted by Crippen LogP contribution is -2.04. The van der Waals surface area contributed by atoms with Gasteiger partial charge in [0.15, 0.2) is 11.6 Å². The minimum atomic E-state index is 0.217. The molecule has 0 unspecified atom stereocenters. The molecule has 0 atom stereocenters. The average Bonchev–Trinajstić information content (AvgIpc) is 2.94. The van der Waals surface area contributed by atoms with E-state index in [4.69, 9.17) is 4.74 Å². The Hall–Kier alpha value is -2.24. The maximum Gasteiger partial charge on any atom is 0.188 e. The van der Waals surface area contributed by atoms with E-state index in [0.29, 0.717) is 18.9 Å². The first kappa shape index (κ1) is 10.9. The summed E-state index contributed by atoms with van der Waals surface area (Å²) in [6.45, 7) is 0.316. The fraction of sp³-hybridized carbons (Fsp3) is 0.333. The minimum absolute atomic E-state index is 0.217. The molecule has 0 fully saturated rings. The molecule has 0 spiro atoms. The number of Topliss-reactive ketones (excluding diaryl/α,β-unsaturated/α-hetero) is 1. The van der Waals surface area contributed by atoms with Crippen LogP contribution >= 0.6 is 0 Å². The Labute approximate surface area is 104 Å². The molecule has 0 bridgehead atoms. The average molecular weight is 244 g/mol. The summed E-state index contributed by atoms with van der Waals surface area (Å²) in [4.78, 5) is 11.5. The van der Waals surface area contributed by atoms with E-state index in [-0.39, 0.29) is 5.78 Å². The van der Waals surface area contributed by atoms with E-state index < -0.39 is 0 Å². The second-order valence-corrected chi connectivity index (χ2v) is 4.25. The van der Waals surface area contributed by atoms with E-state index in [1.807, 2.05) is 18.2 Å². The number of hydrogen-bond donors (Lipinski definition) is 0. The second-order valence-electron chi connectivity index (χ2n) is 4.25. The van der Waals surface area contributed by atoms with Crippen LogP contribution in [0.5, 0.6) is 5.75 Å². The number of fused-ring (bicyclic) bond motifs is 1. The molecule has 18 heavy (non-hydrogen) atoms. The Morgan fingerprint density at radius 1 is 1.39 bits per heavy atom. The highest BCUT2D eigenvalue weighted by atomic mass is 16.5. The van der Waals surface area contributed by atoms with Gasteiger partial charge in [0.05, 0.1) is 0 Å². The van der Waals surface area contributed by atoms with Crippen molar-refractivity contribution in [2.45, 2.75) is 19.4 Å². The highest BCUT2D eigenvalue weighted by Crippen LogP contribution is 2.26. The number of tetrazole rings is 1. The predicted octanol–water partition coefficient (Wildman–Crippen LogP) is 0.918. The van der Waals surface area contributed by atoms with Crippen molar-refractivity contribution >= 4 is 5.78 Å². The standard InChI is InChI=1S/C12H12N4O2/c1-16-12(13-14-15-16)7-18-9-3-4-10-8(6-9)2-5-11(10)17/h3-4,6H,2,5,7H2,1H3. The zero-order valence-corrected chi connectivity index (χ0v) is 9.96. The third-order valence-electron chi connectivity index (χ3n) is 3.07. The van der Waals surface area contributed by atoms with Crippen molar-refractivity contribution in [3.63, 3.8) is 0 Å². The first-order chi connectivity index (χ1) is 8.74. The Morgan fingerprint density at radius 2 is 2.28 bits per heavy atom. The van der Waals surface area contributed by atoms with Crippen LogP contribution in [0.3, 0.4) is 0 Å². The van der Waals surface area contributed by atoms with Gasteiger partial charge >= 0.3 is 0 Å². The van der Waals surface area contributed by atoms with Gasteiger partial charge in [-0.25, -0.2) is 4.68 Å². The van der Waals surface area contributed by atoms with Crippen LogP contribution in [0.2, 0.25) is 0 Å². The third kappa shape index (κ3) is 1.85. The third-order valence-corrected chi connectivity index (χ3v) is 3.07. The molecule has 0 N–H and O–H groups in total. The smallest absolute Gasteiger partial charge is 0.188 e. The summed E-state index contributed by atoms with van der Waals surface area (Å²) in [5.74, 6) is 1.62. The predicted molar refractivity (Wildman–Crippen MR) is 62.2 cm³/mol. The molecule has 1 aromatic carbocycles. The van der Waals surface area contributed by atoms with E-state index in [1.165, 1.54) is 0 Å². The summed E-state index contributed by atoms with van der Waals surface area (Å²) in [6, 6.07) is 5.56. The monoisotopic (exact) mass is 244 g/mol. The molecule has 3 rings (SSSR count). The van der Waals surface area contributed by atoms with E-state index >= 15 is 0 Å². The number of ether oxygens (including phenoxy) is 1. The van der Waals surface area contributed by atoms with Crippen molar-refractivity contribution in [1.82, 2.24) is 20.2 Å². The molecule has 1 aliphatic carbocycles. The van der Waals surface area contributed by atoms with E-state index in [0.717, 1.165) is 23.3 Å². The van der Waals surface area contributed by atoms with E-state index in [2.05, 4.69) is 15.5 Å². The Kier molecular flexibility index (Phi) is 2.55. The molecule has 92 valence electrons. The molecular weight excluding hydrogens is 232 g/mol. The van der Waals surface area contributed by atoms with Crippen LogP contribution in [0, 0.1) is 0 Å². The molecule has 1 aliphatic rings. The molecule has 0 saturated heterocycles. The van der Waals surface area contributed by atoms with E-state index in [1.54, 1.807) is 11.7 Å². The van der Waals surface area contributed by atoms with Gasteiger partial charge < -0.3 is 4.74 Å². The Bertz CT molecular complexity index is 606. The van der Waals surface area contributed by atoms with Gasteiger partial charge in [0.1, 0.15) is 12.4 Å². The van der Waals surface area contributed by atoms with Gasteiger partial charge in [0.25, 0.3) is 0 Å². The molecule has 1 aromatic heterocycles. The quantitative estimate of drug-likeness (QED) is 0.802. The summed E-state index contributed by atoms with van der Waals surface area (Å²) in [5, 5.41) is 11.1. The molecule has 2 aromatic rings. The van der Waals surface area contributed by atoms with Crippen LogP contribution in [-0.4, -0.2) is 26.0 Å². The number of rotatable bonds is 3. The molecule has 1 heterocycles. The first-order valence-corrected chi connectivity index (χ1v) is 5.74. The maximum atomic E-state index is 11.5. The number of ketones is 1. The molecule has 0 aliphatic heterocycles. The number of carbonyl (C=O) groups is 1. The van der Waals surface area contributed by atoms with Crippen molar-refractivity contribution in [2.24, 2.45) is 7.05 Å². The van der Waals surface area contributed by atoms with Gasteiger partial charge in [-0.1, -0.05) is 0 Å². The number of carbonyl (C=O) groups excluding carboxylic acids is 1. The topological polar surface area (TPSA) is 69.9 Å². The van der Waals surface area contributed by atoms with Crippen molar-refractivity contribution in [1.29, 1.82) is 0 Å². The summed E-state index contributed by atoms with van der Waals surface area (Å²) >= 11 is 0. The van der Waals surface area contributed by atoms with E-state index in [9.17, 15) is 4.79 Å². The molecule has 6 heteroatoms. The van der Waals surface area contributed by atoms with Gasteiger partial charge in [-0.15, -0.1) is 5.10 Å². The summed E-state index contributed by atoms with van der Waals surface area (Å²) < 4.78 is 7.18. The molecule has 0 radical (unpaired) electrons. The van der Waals surface area contributed by atoms with Crippen LogP contribution in [0.15, 0.2) is 18.2 Å². The van der Waals surface area contributed by atoms with Gasteiger partial charge in [-0.3, -0.25) is 4.79 Å². The molecular formula is C12H12N4O2. The van der Waals surface area contributed by atoms with Gasteiger partial charge in [0, 0.05) is 19.0 Å². The van der Waals surface area contributed by atoms with Crippen molar-refractivity contribution in [3.05, 3.63) is 35.2 Å². The number of aromatic nitrogens is 4. The zero-order chi connectivity index (χ0) is 12.5. The van der Waals surface area contributed by atoms with Gasteiger partial charge in [-0.05, 0) is 40.6 Å². The van der Waals surface area contributed by atoms with Crippen LogP contribution in [-0.2, 0) is 20.1 Å². The lowest BCUT2D eigenvalue weighted by Gasteiger charge is -2.06. The largest absolute Gasteiger partial charge is 0.486 e. The van der Waals surface area contributed by atoms with Gasteiger partial charge in [0.2, 0.25) is 0 Å². The van der Waals surface area contributed by atoms with Crippen LogP contribution in [0.4, 0.5) is 0 Å². The van der Waals surface area contributed by atoms with Crippen LogP contribution in [0.25, 0.3) is 0 Å². The normalized spacial score (nSPS) is 13.7.